The highest BCUT2D eigenvalue weighted by Gasteiger charge is 2.18. The van der Waals surface area contributed by atoms with E-state index in [4.69, 9.17) is 0 Å². The highest BCUT2D eigenvalue weighted by atomic mass is 16.2. The van der Waals surface area contributed by atoms with Gasteiger partial charge in [0.2, 0.25) is 0 Å². The van der Waals surface area contributed by atoms with Crippen LogP contribution in [0.15, 0.2) is 54.9 Å². The van der Waals surface area contributed by atoms with E-state index in [0.717, 1.165) is 12.8 Å². The van der Waals surface area contributed by atoms with Gasteiger partial charge in [-0.05, 0) is 30.7 Å². The summed E-state index contributed by atoms with van der Waals surface area (Å²) in [5, 5.41) is 1.37. The van der Waals surface area contributed by atoms with Crippen molar-refractivity contribution in [2.75, 3.05) is 6.54 Å². The summed E-state index contributed by atoms with van der Waals surface area (Å²) >= 11 is 0. The van der Waals surface area contributed by atoms with E-state index in [1.807, 2.05) is 13.0 Å². The van der Waals surface area contributed by atoms with Crippen molar-refractivity contribution in [3.63, 3.8) is 0 Å². The molecule has 0 spiro atoms. The van der Waals surface area contributed by atoms with E-state index in [2.05, 4.69) is 10.4 Å². The third-order valence-corrected chi connectivity index (χ3v) is 3.18. The lowest BCUT2D eigenvalue weighted by Crippen LogP contribution is -2.46. The van der Waals surface area contributed by atoms with Crippen molar-refractivity contribution in [1.29, 1.82) is 0 Å². The summed E-state index contributed by atoms with van der Waals surface area (Å²) in [5.74, 6) is -0.528. The van der Waals surface area contributed by atoms with E-state index in [1.165, 1.54) is 5.01 Å². The molecule has 22 heavy (non-hydrogen) atoms. The first kappa shape index (κ1) is 15.7. The number of aromatic nitrogens is 1. The van der Waals surface area contributed by atoms with Crippen LogP contribution >= 0.6 is 0 Å². The predicted octanol–water partition coefficient (Wildman–Crippen LogP) is 2.67. The Hall–Kier alpha value is -2.69. The minimum absolute atomic E-state index is 0.236. The van der Waals surface area contributed by atoms with E-state index in [9.17, 15) is 9.59 Å². The highest BCUT2D eigenvalue weighted by molar-refractivity contribution is 5.98. The zero-order valence-electron chi connectivity index (χ0n) is 12.5. The number of pyridine rings is 1. The number of hydrogen-bond donors (Lipinski definition) is 1. The lowest BCUT2D eigenvalue weighted by atomic mass is 10.2. The van der Waals surface area contributed by atoms with Gasteiger partial charge in [0.05, 0.1) is 0 Å². The van der Waals surface area contributed by atoms with Crippen molar-refractivity contribution in [3.8, 4) is 0 Å². The number of hydrazine groups is 1. The molecule has 0 aliphatic carbocycles. The lowest BCUT2D eigenvalue weighted by Gasteiger charge is -2.23. The second-order valence-corrected chi connectivity index (χ2v) is 4.85. The summed E-state index contributed by atoms with van der Waals surface area (Å²) in [5.41, 5.74) is 3.71. The Morgan fingerprint density at radius 1 is 1.05 bits per heavy atom. The van der Waals surface area contributed by atoms with E-state index in [0.29, 0.717) is 17.7 Å². The number of nitrogens with zero attached hydrogens (tertiary/aromatic N) is 2. The Balaban J connectivity index is 2.12. The Labute approximate surface area is 130 Å². The number of rotatable bonds is 5. The largest absolute Gasteiger partial charge is 0.272 e. The zero-order chi connectivity index (χ0) is 15.8. The first-order valence-electron chi connectivity index (χ1n) is 7.30. The van der Waals surface area contributed by atoms with Gasteiger partial charge >= 0.3 is 0 Å². The highest BCUT2D eigenvalue weighted by Crippen LogP contribution is 2.05. The molecule has 0 saturated heterocycles. The van der Waals surface area contributed by atoms with Crippen LogP contribution in [-0.2, 0) is 0 Å². The average molecular weight is 297 g/mol. The Morgan fingerprint density at radius 2 is 1.73 bits per heavy atom. The molecule has 2 amide bonds. The summed E-state index contributed by atoms with van der Waals surface area (Å²) in [6.45, 7) is 2.50. The molecule has 1 aromatic carbocycles. The van der Waals surface area contributed by atoms with Gasteiger partial charge in [-0.1, -0.05) is 31.5 Å². The normalized spacial score (nSPS) is 10.0. The fourth-order valence-corrected chi connectivity index (χ4v) is 1.95. The molecule has 114 valence electrons. The van der Waals surface area contributed by atoms with E-state index < -0.39 is 0 Å². The molecule has 0 aliphatic rings. The van der Waals surface area contributed by atoms with E-state index in [-0.39, 0.29) is 11.8 Å². The maximum atomic E-state index is 12.5. The standard InChI is InChI=1S/C17H19N3O2/c1-2-3-13-20(17(22)15-9-11-18-12-10-15)19-16(21)14-7-5-4-6-8-14/h4-12H,2-3,13H2,1H3,(H,19,21). The molecular formula is C17H19N3O2. The summed E-state index contributed by atoms with van der Waals surface area (Å²) in [6, 6.07) is 12.1. The van der Waals surface area contributed by atoms with Crippen molar-refractivity contribution < 1.29 is 9.59 Å². The maximum absolute atomic E-state index is 12.5. The molecule has 0 radical (unpaired) electrons. The molecule has 1 aromatic heterocycles. The van der Waals surface area contributed by atoms with Gasteiger partial charge in [0.15, 0.2) is 0 Å². The number of carbonyl (C=O) groups excluding carboxylic acids is 2. The minimum Gasteiger partial charge on any atom is -0.267 e. The molecule has 0 bridgehead atoms. The predicted molar refractivity (Wildman–Crippen MR) is 84.1 cm³/mol. The number of nitrogens with one attached hydrogen (secondary N) is 1. The van der Waals surface area contributed by atoms with Gasteiger partial charge in [-0.3, -0.25) is 20.0 Å². The monoisotopic (exact) mass is 297 g/mol. The molecule has 2 aromatic rings. The number of benzene rings is 1. The molecule has 5 nitrogen and oxygen atoms in total. The third kappa shape index (κ3) is 4.15. The molecule has 1 N–H and O–H groups in total. The summed E-state index contributed by atoms with van der Waals surface area (Å²) in [6.07, 6.45) is 4.86. The van der Waals surface area contributed by atoms with Crippen LogP contribution in [0.4, 0.5) is 0 Å². The zero-order valence-corrected chi connectivity index (χ0v) is 12.5. The van der Waals surface area contributed by atoms with Crippen LogP contribution in [0.25, 0.3) is 0 Å². The van der Waals surface area contributed by atoms with E-state index >= 15 is 0 Å². The van der Waals surface area contributed by atoms with Crippen LogP contribution in [0.5, 0.6) is 0 Å². The number of carbonyl (C=O) groups is 2. The lowest BCUT2D eigenvalue weighted by molar-refractivity contribution is 0.0580. The summed E-state index contributed by atoms with van der Waals surface area (Å²) in [4.78, 5) is 28.6. The van der Waals surface area contributed by atoms with Crippen molar-refractivity contribution in [3.05, 3.63) is 66.0 Å². The number of unbranched alkanes of at least 4 members (excludes halogenated alkanes) is 1. The van der Waals surface area contributed by atoms with Crippen molar-refractivity contribution in [1.82, 2.24) is 15.4 Å². The molecule has 0 atom stereocenters. The van der Waals surface area contributed by atoms with Crippen molar-refractivity contribution in [2.45, 2.75) is 19.8 Å². The number of hydrogen-bond acceptors (Lipinski definition) is 3. The Bertz CT molecular complexity index is 614. The van der Waals surface area contributed by atoms with Gasteiger partial charge in [-0.25, -0.2) is 5.01 Å². The first-order valence-corrected chi connectivity index (χ1v) is 7.30. The van der Waals surface area contributed by atoms with Gasteiger partial charge in [0.1, 0.15) is 0 Å². The average Bonchev–Trinajstić information content (AvgIpc) is 2.59. The van der Waals surface area contributed by atoms with Gasteiger partial charge in [0, 0.05) is 30.1 Å². The van der Waals surface area contributed by atoms with Crippen molar-refractivity contribution in [2.24, 2.45) is 0 Å². The molecule has 5 heteroatoms. The molecule has 0 unspecified atom stereocenters. The summed E-state index contributed by atoms with van der Waals surface area (Å²) in [7, 11) is 0. The molecule has 0 fully saturated rings. The van der Waals surface area contributed by atoms with Gasteiger partial charge in [-0.2, -0.15) is 0 Å². The van der Waals surface area contributed by atoms with Crippen LogP contribution in [0.1, 0.15) is 40.5 Å². The topological polar surface area (TPSA) is 62.3 Å². The third-order valence-electron chi connectivity index (χ3n) is 3.18. The van der Waals surface area contributed by atoms with Crippen LogP contribution in [0.2, 0.25) is 0 Å². The Morgan fingerprint density at radius 3 is 2.36 bits per heavy atom. The van der Waals surface area contributed by atoms with Crippen LogP contribution in [-0.4, -0.2) is 28.4 Å². The SMILES string of the molecule is CCCCN(NC(=O)c1ccccc1)C(=O)c1ccncc1. The smallest absolute Gasteiger partial charge is 0.267 e. The fourth-order valence-electron chi connectivity index (χ4n) is 1.95. The van der Waals surface area contributed by atoms with Gasteiger partial charge < -0.3 is 0 Å². The fraction of sp³-hybridized carbons (Fsp3) is 0.235. The van der Waals surface area contributed by atoms with Crippen LogP contribution < -0.4 is 5.43 Å². The minimum atomic E-state index is -0.292. The second-order valence-electron chi connectivity index (χ2n) is 4.85. The number of amides is 2. The molecule has 2 rings (SSSR count). The maximum Gasteiger partial charge on any atom is 0.272 e. The van der Waals surface area contributed by atoms with E-state index in [1.54, 1.807) is 48.8 Å². The van der Waals surface area contributed by atoms with Crippen LogP contribution in [0.3, 0.4) is 0 Å². The molecular weight excluding hydrogens is 278 g/mol. The van der Waals surface area contributed by atoms with Crippen molar-refractivity contribution >= 4 is 11.8 Å². The quantitative estimate of drug-likeness (QED) is 0.863. The van der Waals surface area contributed by atoms with Gasteiger partial charge in [0.25, 0.3) is 11.8 Å². The molecule has 1 heterocycles. The summed E-state index contributed by atoms with van der Waals surface area (Å²) < 4.78 is 0. The first-order chi connectivity index (χ1) is 10.7. The van der Waals surface area contributed by atoms with Gasteiger partial charge in [-0.15, -0.1) is 0 Å². The second kappa shape index (κ2) is 7.93. The Kier molecular flexibility index (Phi) is 5.65. The molecule has 0 saturated carbocycles. The van der Waals surface area contributed by atoms with Crippen LogP contribution in [0, 0.1) is 0 Å². The molecule has 0 aliphatic heterocycles.